The number of aliphatic imine (C=N–C) groups is 1. The second kappa shape index (κ2) is 11.1. The van der Waals surface area contributed by atoms with Crippen LogP contribution in [0.15, 0.2) is 47.5 Å². The van der Waals surface area contributed by atoms with Gasteiger partial charge < -0.3 is 24.8 Å². The van der Waals surface area contributed by atoms with Gasteiger partial charge >= 0.3 is 0 Å². The summed E-state index contributed by atoms with van der Waals surface area (Å²) in [6.07, 6.45) is 2.04. The lowest BCUT2D eigenvalue weighted by Gasteiger charge is -2.20. The van der Waals surface area contributed by atoms with Crippen molar-refractivity contribution >= 4 is 5.96 Å². The van der Waals surface area contributed by atoms with Crippen LogP contribution in [0, 0.1) is 0 Å². The molecular formula is C22H31N3O3. The largest absolute Gasteiger partial charge is 0.493 e. The maximum Gasteiger partial charge on any atom is 0.203 e. The molecular weight excluding hydrogens is 354 g/mol. The Balaban J connectivity index is 1.94. The quantitative estimate of drug-likeness (QED) is 0.512. The molecule has 0 saturated carbocycles. The maximum atomic E-state index is 5.54. The summed E-state index contributed by atoms with van der Waals surface area (Å²) in [7, 11) is 6.61. The monoisotopic (exact) mass is 385 g/mol. The third-order valence-electron chi connectivity index (χ3n) is 4.55. The van der Waals surface area contributed by atoms with Crippen LogP contribution >= 0.6 is 0 Å². The molecule has 0 aliphatic rings. The molecule has 0 spiro atoms. The minimum absolute atomic E-state index is 0.290. The van der Waals surface area contributed by atoms with Crippen LogP contribution in [0.1, 0.15) is 24.5 Å². The van der Waals surface area contributed by atoms with E-state index in [0.717, 1.165) is 24.4 Å². The van der Waals surface area contributed by atoms with E-state index in [1.807, 2.05) is 18.2 Å². The van der Waals surface area contributed by atoms with Crippen LogP contribution in [0.3, 0.4) is 0 Å². The average molecular weight is 386 g/mol. The zero-order valence-corrected chi connectivity index (χ0v) is 17.4. The Morgan fingerprint density at radius 1 is 0.964 bits per heavy atom. The molecule has 0 bridgehead atoms. The molecule has 1 unspecified atom stereocenters. The van der Waals surface area contributed by atoms with Gasteiger partial charge in [-0.2, -0.15) is 0 Å². The van der Waals surface area contributed by atoms with Crippen LogP contribution in [-0.2, 0) is 13.0 Å². The van der Waals surface area contributed by atoms with Crippen LogP contribution in [-0.4, -0.2) is 40.4 Å². The number of rotatable bonds is 9. The van der Waals surface area contributed by atoms with Crippen molar-refractivity contribution in [3.63, 3.8) is 0 Å². The normalized spacial score (nSPS) is 12.2. The molecule has 152 valence electrons. The molecule has 0 aromatic heterocycles. The van der Waals surface area contributed by atoms with Crippen LogP contribution in [0.5, 0.6) is 17.2 Å². The van der Waals surface area contributed by atoms with E-state index in [1.54, 1.807) is 28.4 Å². The van der Waals surface area contributed by atoms with Crippen molar-refractivity contribution < 1.29 is 14.2 Å². The molecule has 2 N–H and O–H groups in total. The molecule has 6 nitrogen and oxygen atoms in total. The Labute approximate surface area is 167 Å². The maximum absolute atomic E-state index is 5.54. The smallest absolute Gasteiger partial charge is 0.203 e. The lowest BCUT2D eigenvalue weighted by atomic mass is 10.1. The lowest BCUT2D eigenvalue weighted by molar-refractivity contribution is 0.322. The van der Waals surface area contributed by atoms with Gasteiger partial charge in [-0.1, -0.05) is 30.3 Å². The summed E-state index contributed by atoms with van der Waals surface area (Å²) in [5, 5.41) is 6.78. The molecule has 0 fully saturated rings. The molecule has 2 aromatic carbocycles. The van der Waals surface area contributed by atoms with Gasteiger partial charge in [-0.25, -0.2) is 0 Å². The van der Waals surface area contributed by atoms with Gasteiger partial charge in [0.15, 0.2) is 17.5 Å². The fraction of sp³-hybridized carbons (Fsp3) is 0.409. The van der Waals surface area contributed by atoms with Crippen LogP contribution in [0.4, 0.5) is 0 Å². The number of benzene rings is 2. The highest BCUT2D eigenvalue weighted by molar-refractivity contribution is 5.80. The number of hydrogen-bond donors (Lipinski definition) is 2. The second-order valence-electron chi connectivity index (χ2n) is 6.49. The molecule has 0 aliphatic carbocycles. The van der Waals surface area contributed by atoms with Crippen molar-refractivity contribution in [2.24, 2.45) is 4.99 Å². The highest BCUT2D eigenvalue weighted by atomic mass is 16.5. The number of methoxy groups -OCH3 is 3. The fourth-order valence-electron chi connectivity index (χ4n) is 3.01. The molecule has 0 heterocycles. The summed E-state index contributed by atoms with van der Waals surface area (Å²) < 4.78 is 16.3. The average Bonchev–Trinajstić information content (AvgIpc) is 2.74. The van der Waals surface area contributed by atoms with Crippen molar-refractivity contribution in [1.82, 2.24) is 10.6 Å². The summed E-state index contributed by atoms with van der Waals surface area (Å²) >= 11 is 0. The first-order chi connectivity index (χ1) is 13.6. The van der Waals surface area contributed by atoms with Gasteiger partial charge in [-0.05, 0) is 37.5 Å². The fourth-order valence-corrected chi connectivity index (χ4v) is 3.01. The zero-order chi connectivity index (χ0) is 20.4. The molecule has 2 rings (SSSR count). The molecule has 0 radical (unpaired) electrons. The van der Waals surface area contributed by atoms with E-state index in [1.165, 1.54) is 5.56 Å². The first-order valence-electron chi connectivity index (χ1n) is 9.41. The number of ether oxygens (including phenoxy) is 3. The number of nitrogens with zero attached hydrogens (tertiary/aromatic N) is 1. The van der Waals surface area contributed by atoms with Crippen molar-refractivity contribution in [3.05, 3.63) is 53.6 Å². The van der Waals surface area contributed by atoms with Crippen LogP contribution in [0.2, 0.25) is 0 Å². The molecule has 6 heteroatoms. The van der Waals surface area contributed by atoms with Gasteiger partial charge in [0.2, 0.25) is 5.75 Å². The second-order valence-corrected chi connectivity index (χ2v) is 6.49. The van der Waals surface area contributed by atoms with Gasteiger partial charge in [-0.3, -0.25) is 4.99 Å². The predicted octanol–water partition coefficient (Wildman–Crippen LogP) is 3.40. The molecule has 28 heavy (non-hydrogen) atoms. The minimum Gasteiger partial charge on any atom is -0.493 e. The van der Waals surface area contributed by atoms with Crippen molar-refractivity contribution in [2.75, 3.05) is 28.4 Å². The SMILES string of the molecule is CN=C(NCc1ccc(OC)c(OC)c1OC)NC(C)CCc1ccccc1. The Hall–Kier alpha value is -2.89. The van der Waals surface area contributed by atoms with Gasteiger partial charge in [0.25, 0.3) is 0 Å². The van der Waals surface area contributed by atoms with Gasteiger partial charge in [0.1, 0.15) is 0 Å². The van der Waals surface area contributed by atoms with E-state index in [2.05, 4.69) is 46.8 Å². The van der Waals surface area contributed by atoms with Gasteiger partial charge in [-0.15, -0.1) is 0 Å². The Bertz CT molecular complexity index is 763. The Morgan fingerprint density at radius 3 is 2.29 bits per heavy atom. The standard InChI is InChI=1S/C22H31N3O3/c1-16(11-12-17-9-7-6-8-10-17)25-22(23-2)24-15-18-13-14-19(26-3)21(28-5)20(18)27-4/h6-10,13-14,16H,11-12,15H2,1-5H3,(H2,23,24,25). The molecule has 0 amide bonds. The van der Waals surface area contributed by atoms with E-state index < -0.39 is 0 Å². The lowest BCUT2D eigenvalue weighted by Crippen LogP contribution is -2.42. The molecule has 0 aliphatic heterocycles. The van der Waals surface area contributed by atoms with E-state index in [9.17, 15) is 0 Å². The first kappa shape index (κ1) is 21.4. The predicted molar refractivity (Wildman–Crippen MR) is 114 cm³/mol. The molecule has 2 aromatic rings. The third kappa shape index (κ3) is 5.81. The first-order valence-corrected chi connectivity index (χ1v) is 9.41. The topological polar surface area (TPSA) is 64.1 Å². The summed E-state index contributed by atoms with van der Waals surface area (Å²) in [6, 6.07) is 14.6. The highest BCUT2D eigenvalue weighted by Crippen LogP contribution is 2.39. The summed E-state index contributed by atoms with van der Waals surface area (Å²) in [6.45, 7) is 2.71. The van der Waals surface area contributed by atoms with Gasteiger partial charge in [0, 0.05) is 25.2 Å². The number of nitrogens with one attached hydrogen (secondary N) is 2. The Morgan fingerprint density at radius 2 is 1.68 bits per heavy atom. The van der Waals surface area contributed by atoms with Crippen molar-refractivity contribution in [2.45, 2.75) is 32.4 Å². The molecule has 1 atom stereocenters. The van der Waals surface area contributed by atoms with Gasteiger partial charge in [0.05, 0.1) is 21.3 Å². The summed E-state index contributed by atoms with van der Waals surface area (Å²) in [5.74, 6) is 2.63. The highest BCUT2D eigenvalue weighted by Gasteiger charge is 2.16. The molecule has 0 saturated heterocycles. The third-order valence-corrected chi connectivity index (χ3v) is 4.55. The number of guanidine groups is 1. The van der Waals surface area contributed by atoms with E-state index >= 15 is 0 Å². The summed E-state index contributed by atoms with van der Waals surface area (Å²) in [5.41, 5.74) is 2.30. The Kier molecular flexibility index (Phi) is 8.46. The zero-order valence-electron chi connectivity index (χ0n) is 17.4. The van der Waals surface area contributed by atoms with Crippen molar-refractivity contribution in [1.29, 1.82) is 0 Å². The van der Waals surface area contributed by atoms with Crippen LogP contribution in [0.25, 0.3) is 0 Å². The number of hydrogen-bond acceptors (Lipinski definition) is 4. The van der Waals surface area contributed by atoms with Crippen LogP contribution < -0.4 is 24.8 Å². The minimum atomic E-state index is 0.290. The van der Waals surface area contributed by atoms with E-state index in [0.29, 0.717) is 29.8 Å². The van der Waals surface area contributed by atoms with E-state index in [4.69, 9.17) is 14.2 Å². The number of aryl methyl sites for hydroxylation is 1. The summed E-state index contributed by atoms with van der Waals surface area (Å²) in [4.78, 5) is 4.33. The van der Waals surface area contributed by atoms with E-state index in [-0.39, 0.29) is 0 Å². The van der Waals surface area contributed by atoms with Crippen molar-refractivity contribution in [3.8, 4) is 17.2 Å².